The number of hydrogen-bond donors (Lipinski definition) is 0. The number of rotatable bonds is 4. The topological polar surface area (TPSA) is 81.0 Å². The van der Waals surface area contributed by atoms with Crippen molar-refractivity contribution >= 4 is 5.91 Å². The molecule has 128 valence electrons. The second-order valence-electron chi connectivity index (χ2n) is 5.92. The predicted molar refractivity (Wildman–Crippen MR) is 83.9 cm³/mol. The summed E-state index contributed by atoms with van der Waals surface area (Å²) < 4.78 is 22.0. The first-order valence-electron chi connectivity index (χ1n) is 7.86. The van der Waals surface area contributed by atoms with Gasteiger partial charge in [-0.3, -0.25) is 4.79 Å². The van der Waals surface area contributed by atoms with Gasteiger partial charge in [0, 0.05) is 25.6 Å². The van der Waals surface area contributed by atoms with Crippen molar-refractivity contribution in [1.29, 1.82) is 5.26 Å². The first-order chi connectivity index (χ1) is 11.7. The van der Waals surface area contributed by atoms with Crippen LogP contribution in [-0.4, -0.2) is 63.0 Å². The lowest BCUT2D eigenvalue weighted by molar-refractivity contribution is -0.152. The first-order valence-corrected chi connectivity index (χ1v) is 7.86. The molecular weight excluding hydrogens is 312 g/mol. The van der Waals surface area contributed by atoms with Crippen LogP contribution in [0.15, 0.2) is 18.2 Å². The number of amides is 1. The molecule has 1 aromatic carbocycles. The Labute approximate surface area is 140 Å². The largest absolute Gasteiger partial charge is 0.493 e. The molecule has 0 radical (unpaired) electrons. The molecule has 1 atom stereocenters. The van der Waals surface area contributed by atoms with E-state index in [4.69, 9.17) is 24.2 Å². The zero-order valence-corrected chi connectivity index (χ0v) is 13.6. The minimum atomic E-state index is -0.361. The van der Waals surface area contributed by atoms with Gasteiger partial charge < -0.3 is 23.8 Å². The number of ether oxygens (including phenoxy) is 4. The minimum Gasteiger partial charge on any atom is -0.493 e. The summed E-state index contributed by atoms with van der Waals surface area (Å²) in [5.41, 5.74) is 0.113. The summed E-state index contributed by atoms with van der Waals surface area (Å²) in [5.74, 6) is 0.775. The van der Waals surface area contributed by atoms with Gasteiger partial charge in [-0.1, -0.05) is 0 Å². The zero-order valence-electron chi connectivity index (χ0n) is 13.6. The maximum atomic E-state index is 12.4. The van der Waals surface area contributed by atoms with E-state index in [1.165, 1.54) is 7.11 Å². The summed E-state index contributed by atoms with van der Waals surface area (Å²) in [7, 11) is 1.50. The molecule has 0 aliphatic carbocycles. The van der Waals surface area contributed by atoms with Crippen LogP contribution in [-0.2, 0) is 14.3 Å². The molecule has 7 heteroatoms. The maximum Gasteiger partial charge on any atom is 0.260 e. The number of methoxy groups -OCH3 is 1. The highest BCUT2D eigenvalue weighted by molar-refractivity contribution is 5.78. The normalized spacial score (nSPS) is 23.1. The van der Waals surface area contributed by atoms with E-state index in [0.717, 1.165) is 6.42 Å². The Kier molecular flexibility index (Phi) is 4.88. The van der Waals surface area contributed by atoms with Crippen molar-refractivity contribution in [3.05, 3.63) is 23.8 Å². The third kappa shape index (κ3) is 3.45. The quantitative estimate of drug-likeness (QED) is 0.817. The van der Waals surface area contributed by atoms with Crippen LogP contribution in [0.5, 0.6) is 11.5 Å². The van der Waals surface area contributed by atoms with Gasteiger partial charge in [-0.25, -0.2) is 0 Å². The number of morpholine rings is 1. The maximum absolute atomic E-state index is 12.4. The molecule has 0 saturated carbocycles. The van der Waals surface area contributed by atoms with Gasteiger partial charge in [0.15, 0.2) is 18.1 Å². The Bertz CT molecular complexity index is 649. The van der Waals surface area contributed by atoms with E-state index in [1.807, 2.05) is 6.07 Å². The lowest BCUT2D eigenvalue weighted by Crippen LogP contribution is -2.55. The van der Waals surface area contributed by atoms with E-state index in [9.17, 15) is 4.79 Å². The highest BCUT2D eigenvalue weighted by Crippen LogP contribution is 2.29. The van der Waals surface area contributed by atoms with Crippen LogP contribution < -0.4 is 9.47 Å². The lowest BCUT2D eigenvalue weighted by Gasteiger charge is -2.39. The minimum absolute atomic E-state index is 0.0841. The molecule has 24 heavy (non-hydrogen) atoms. The van der Waals surface area contributed by atoms with Crippen molar-refractivity contribution in [2.75, 3.05) is 46.6 Å². The zero-order chi connectivity index (χ0) is 17.0. The molecule has 2 heterocycles. The molecule has 3 rings (SSSR count). The molecule has 1 unspecified atom stereocenters. The Morgan fingerprint density at radius 1 is 1.42 bits per heavy atom. The molecule has 0 N–H and O–H groups in total. The molecule has 1 amide bonds. The van der Waals surface area contributed by atoms with Gasteiger partial charge in [0.05, 0.1) is 38.5 Å². The molecule has 7 nitrogen and oxygen atoms in total. The van der Waals surface area contributed by atoms with Crippen LogP contribution >= 0.6 is 0 Å². The van der Waals surface area contributed by atoms with Crippen molar-refractivity contribution in [2.45, 2.75) is 12.0 Å². The van der Waals surface area contributed by atoms with Crippen molar-refractivity contribution in [3.63, 3.8) is 0 Å². The number of nitriles is 1. The Balaban J connectivity index is 1.60. The first kappa shape index (κ1) is 16.6. The Hall–Kier alpha value is -2.30. The average Bonchev–Trinajstić information content (AvgIpc) is 3.07. The van der Waals surface area contributed by atoms with Gasteiger partial charge in [0.1, 0.15) is 5.60 Å². The highest BCUT2D eigenvalue weighted by atomic mass is 16.6. The van der Waals surface area contributed by atoms with E-state index < -0.39 is 0 Å². The van der Waals surface area contributed by atoms with Crippen LogP contribution in [0.2, 0.25) is 0 Å². The molecule has 0 aromatic heterocycles. The van der Waals surface area contributed by atoms with Crippen molar-refractivity contribution in [2.24, 2.45) is 0 Å². The van der Waals surface area contributed by atoms with Gasteiger partial charge in [0.2, 0.25) is 0 Å². The van der Waals surface area contributed by atoms with Crippen molar-refractivity contribution < 1.29 is 23.7 Å². The van der Waals surface area contributed by atoms with E-state index in [0.29, 0.717) is 50.0 Å². The second-order valence-corrected chi connectivity index (χ2v) is 5.92. The Morgan fingerprint density at radius 2 is 2.29 bits per heavy atom. The molecule has 2 fully saturated rings. The summed E-state index contributed by atoms with van der Waals surface area (Å²) in [5, 5.41) is 8.91. The number of benzene rings is 1. The smallest absolute Gasteiger partial charge is 0.260 e. The number of nitrogens with zero attached hydrogens (tertiary/aromatic N) is 2. The number of carbonyl (C=O) groups is 1. The fourth-order valence-electron chi connectivity index (χ4n) is 2.97. The monoisotopic (exact) mass is 332 g/mol. The average molecular weight is 332 g/mol. The fraction of sp³-hybridized carbons (Fsp3) is 0.529. The van der Waals surface area contributed by atoms with E-state index in [1.54, 1.807) is 23.1 Å². The molecule has 0 bridgehead atoms. The standard InChI is InChI=1S/C17H20N2O5/c1-21-15-8-13(9-18)2-3-14(15)23-10-16(20)19-5-7-24-17(11-19)4-6-22-12-17/h2-3,8H,4-7,10-12H2,1H3. The highest BCUT2D eigenvalue weighted by Gasteiger charge is 2.41. The third-order valence-electron chi connectivity index (χ3n) is 4.31. The Morgan fingerprint density at radius 3 is 3.00 bits per heavy atom. The SMILES string of the molecule is COc1cc(C#N)ccc1OCC(=O)N1CCOC2(CCOC2)C1. The third-order valence-corrected chi connectivity index (χ3v) is 4.31. The molecule has 2 aliphatic heterocycles. The summed E-state index contributed by atoms with van der Waals surface area (Å²) in [6.07, 6.45) is 0.807. The fourth-order valence-corrected chi connectivity index (χ4v) is 2.97. The summed E-state index contributed by atoms with van der Waals surface area (Å²) in [6.45, 7) is 2.70. The molecule has 2 saturated heterocycles. The summed E-state index contributed by atoms with van der Waals surface area (Å²) >= 11 is 0. The van der Waals surface area contributed by atoms with E-state index in [2.05, 4.69) is 0 Å². The molecule has 1 aromatic rings. The van der Waals surface area contributed by atoms with Gasteiger partial charge in [-0.05, 0) is 12.1 Å². The van der Waals surface area contributed by atoms with E-state index in [-0.39, 0.29) is 18.1 Å². The predicted octanol–water partition coefficient (Wildman–Crippen LogP) is 0.964. The second kappa shape index (κ2) is 7.07. The van der Waals surface area contributed by atoms with Crippen LogP contribution in [0.4, 0.5) is 0 Å². The number of hydrogen-bond acceptors (Lipinski definition) is 6. The van der Waals surface area contributed by atoms with Gasteiger partial charge in [-0.15, -0.1) is 0 Å². The number of carbonyl (C=O) groups excluding carboxylic acids is 1. The van der Waals surface area contributed by atoms with Gasteiger partial charge in [-0.2, -0.15) is 5.26 Å². The molecular formula is C17H20N2O5. The van der Waals surface area contributed by atoms with Crippen LogP contribution in [0.3, 0.4) is 0 Å². The summed E-state index contributed by atoms with van der Waals surface area (Å²) in [4.78, 5) is 14.2. The van der Waals surface area contributed by atoms with Gasteiger partial charge in [0.25, 0.3) is 5.91 Å². The van der Waals surface area contributed by atoms with Crippen molar-refractivity contribution in [1.82, 2.24) is 4.90 Å². The van der Waals surface area contributed by atoms with Crippen LogP contribution in [0.25, 0.3) is 0 Å². The van der Waals surface area contributed by atoms with Crippen molar-refractivity contribution in [3.8, 4) is 17.6 Å². The van der Waals surface area contributed by atoms with E-state index >= 15 is 0 Å². The molecule has 1 spiro atoms. The molecule has 2 aliphatic rings. The lowest BCUT2D eigenvalue weighted by atomic mass is 10.0. The van der Waals surface area contributed by atoms with Crippen LogP contribution in [0.1, 0.15) is 12.0 Å². The van der Waals surface area contributed by atoms with Crippen LogP contribution in [0, 0.1) is 11.3 Å². The van der Waals surface area contributed by atoms with Gasteiger partial charge >= 0.3 is 0 Å². The summed E-state index contributed by atoms with van der Waals surface area (Å²) in [6, 6.07) is 6.88.